The summed E-state index contributed by atoms with van der Waals surface area (Å²) in [6.07, 6.45) is 8.20. The van der Waals surface area contributed by atoms with Gasteiger partial charge in [0.05, 0.1) is 0 Å². The van der Waals surface area contributed by atoms with Crippen LogP contribution in [0.4, 0.5) is 0 Å². The molecule has 1 aliphatic carbocycles. The minimum Gasteiger partial charge on any atom is -0.312 e. The van der Waals surface area contributed by atoms with Gasteiger partial charge in [-0.3, -0.25) is 0 Å². The van der Waals surface area contributed by atoms with Crippen LogP contribution >= 0.6 is 0 Å². The number of nitrogens with zero attached hydrogens (tertiary/aromatic N) is 1. The van der Waals surface area contributed by atoms with Crippen LogP contribution in [0.3, 0.4) is 0 Å². The van der Waals surface area contributed by atoms with Crippen LogP contribution in [0.15, 0.2) is 0 Å². The first-order chi connectivity index (χ1) is 8.12. The summed E-state index contributed by atoms with van der Waals surface area (Å²) in [5, 5.41) is 3.81. The molecule has 0 aromatic heterocycles. The van der Waals surface area contributed by atoms with Crippen molar-refractivity contribution in [3.63, 3.8) is 0 Å². The van der Waals surface area contributed by atoms with Gasteiger partial charge < -0.3 is 10.2 Å². The van der Waals surface area contributed by atoms with Crippen molar-refractivity contribution in [2.75, 3.05) is 20.6 Å². The molecular formula is C15H32N2. The van der Waals surface area contributed by atoms with Crippen LogP contribution in [0.25, 0.3) is 0 Å². The van der Waals surface area contributed by atoms with Gasteiger partial charge in [0.1, 0.15) is 0 Å². The highest BCUT2D eigenvalue weighted by atomic mass is 15.2. The van der Waals surface area contributed by atoms with E-state index in [2.05, 4.69) is 45.1 Å². The molecule has 0 radical (unpaired) electrons. The molecule has 0 spiro atoms. The molecule has 0 aromatic rings. The summed E-state index contributed by atoms with van der Waals surface area (Å²) < 4.78 is 0. The molecule has 0 bridgehead atoms. The van der Waals surface area contributed by atoms with E-state index in [9.17, 15) is 0 Å². The van der Waals surface area contributed by atoms with Gasteiger partial charge in [0, 0.05) is 11.6 Å². The lowest BCUT2D eigenvalue weighted by molar-refractivity contribution is 0.0610. The molecule has 2 nitrogen and oxygen atoms in total. The Labute approximate surface area is 108 Å². The number of rotatable bonds is 7. The van der Waals surface area contributed by atoms with Crippen LogP contribution < -0.4 is 5.32 Å². The summed E-state index contributed by atoms with van der Waals surface area (Å²) in [6, 6.07) is 0.667. The largest absolute Gasteiger partial charge is 0.312 e. The van der Waals surface area contributed by atoms with E-state index in [-0.39, 0.29) is 0 Å². The Kier molecular flexibility index (Phi) is 5.94. The summed E-state index contributed by atoms with van der Waals surface area (Å²) in [7, 11) is 4.51. The molecule has 1 saturated carbocycles. The lowest BCUT2D eigenvalue weighted by atomic mass is 9.76. The van der Waals surface area contributed by atoms with Crippen LogP contribution in [-0.4, -0.2) is 37.1 Å². The van der Waals surface area contributed by atoms with Gasteiger partial charge in [0.25, 0.3) is 0 Å². The highest BCUT2D eigenvalue weighted by molar-refractivity contribution is 5.01. The molecule has 0 saturated heterocycles. The summed E-state index contributed by atoms with van der Waals surface area (Å²) >= 11 is 0. The van der Waals surface area contributed by atoms with Gasteiger partial charge in [0.2, 0.25) is 0 Å². The Bertz CT molecular complexity index is 203. The molecule has 1 atom stereocenters. The van der Waals surface area contributed by atoms with Gasteiger partial charge in [0.15, 0.2) is 0 Å². The Morgan fingerprint density at radius 3 is 2.00 bits per heavy atom. The topological polar surface area (TPSA) is 15.3 Å². The minimum absolute atomic E-state index is 0.338. The number of likely N-dealkylation sites (N-methyl/N-ethyl adjacent to an activating group) is 2. The van der Waals surface area contributed by atoms with Crippen molar-refractivity contribution in [3.05, 3.63) is 0 Å². The monoisotopic (exact) mass is 240 g/mol. The van der Waals surface area contributed by atoms with Crippen LogP contribution in [0, 0.1) is 5.92 Å². The average molecular weight is 240 g/mol. The van der Waals surface area contributed by atoms with Gasteiger partial charge in [-0.15, -0.1) is 0 Å². The number of hydrogen-bond donors (Lipinski definition) is 1. The summed E-state index contributed by atoms with van der Waals surface area (Å²) in [4.78, 5) is 2.47. The highest BCUT2D eigenvalue weighted by Crippen LogP contribution is 2.37. The van der Waals surface area contributed by atoms with Crippen LogP contribution in [0.2, 0.25) is 0 Å². The maximum atomic E-state index is 3.81. The molecule has 0 amide bonds. The second-order valence-corrected chi connectivity index (χ2v) is 5.78. The van der Waals surface area contributed by atoms with E-state index in [1.54, 1.807) is 0 Å². The molecule has 0 aliphatic heterocycles. The molecular weight excluding hydrogens is 208 g/mol. The van der Waals surface area contributed by atoms with Crippen molar-refractivity contribution in [1.82, 2.24) is 10.2 Å². The second-order valence-electron chi connectivity index (χ2n) is 5.78. The van der Waals surface area contributed by atoms with E-state index in [4.69, 9.17) is 0 Å². The maximum absolute atomic E-state index is 3.81. The van der Waals surface area contributed by atoms with Crippen molar-refractivity contribution in [2.45, 2.75) is 70.9 Å². The van der Waals surface area contributed by atoms with Gasteiger partial charge in [-0.2, -0.15) is 0 Å². The van der Waals surface area contributed by atoms with E-state index < -0.39 is 0 Å². The zero-order valence-electron chi connectivity index (χ0n) is 12.6. The first-order valence-electron chi connectivity index (χ1n) is 7.53. The molecule has 1 N–H and O–H groups in total. The first kappa shape index (κ1) is 15.0. The molecule has 102 valence electrons. The molecule has 17 heavy (non-hydrogen) atoms. The summed E-state index contributed by atoms with van der Waals surface area (Å²) in [6.45, 7) is 8.04. The van der Waals surface area contributed by atoms with E-state index in [1.807, 2.05) is 0 Å². The van der Waals surface area contributed by atoms with Gasteiger partial charge in [-0.1, -0.05) is 33.6 Å². The molecule has 0 heterocycles. The zero-order chi connectivity index (χ0) is 12.9. The Balaban J connectivity index is 2.90. The molecule has 0 aromatic carbocycles. The maximum Gasteiger partial charge on any atom is 0.0353 e. The van der Waals surface area contributed by atoms with Crippen LogP contribution in [-0.2, 0) is 0 Å². The quantitative estimate of drug-likeness (QED) is 0.735. The van der Waals surface area contributed by atoms with Crippen molar-refractivity contribution < 1.29 is 0 Å². The smallest absolute Gasteiger partial charge is 0.0353 e. The summed E-state index contributed by atoms with van der Waals surface area (Å²) in [5.41, 5.74) is 0.338. The number of hydrogen-bond acceptors (Lipinski definition) is 2. The Morgan fingerprint density at radius 2 is 1.65 bits per heavy atom. The Morgan fingerprint density at radius 1 is 1.12 bits per heavy atom. The molecule has 1 aliphatic rings. The van der Waals surface area contributed by atoms with Crippen LogP contribution in [0.1, 0.15) is 59.3 Å². The minimum atomic E-state index is 0.338. The fourth-order valence-electron chi connectivity index (χ4n) is 3.91. The van der Waals surface area contributed by atoms with Crippen molar-refractivity contribution in [2.24, 2.45) is 5.92 Å². The van der Waals surface area contributed by atoms with E-state index in [1.165, 1.54) is 38.5 Å². The highest BCUT2D eigenvalue weighted by Gasteiger charge is 2.42. The van der Waals surface area contributed by atoms with Crippen LogP contribution in [0.5, 0.6) is 0 Å². The van der Waals surface area contributed by atoms with Gasteiger partial charge >= 0.3 is 0 Å². The fraction of sp³-hybridized carbons (Fsp3) is 1.00. The average Bonchev–Trinajstić information content (AvgIpc) is 2.82. The normalized spacial score (nSPS) is 20.1. The fourth-order valence-corrected chi connectivity index (χ4v) is 3.91. The summed E-state index contributed by atoms with van der Waals surface area (Å²) in [5.74, 6) is 0.886. The lowest BCUT2D eigenvalue weighted by Crippen LogP contribution is -2.61. The molecule has 1 unspecified atom stereocenters. The predicted octanol–water partition coefficient (Wildman–Crippen LogP) is 3.28. The standard InChI is InChI=1S/C15H32N2/c1-6-15(7-2,17(4)5)14(16-8-3)13-11-9-10-12-13/h13-14,16H,6-12H2,1-5H3. The number of nitrogens with one attached hydrogen (secondary N) is 1. The third-order valence-corrected chi connectivity index (χ3v) is 4.99. The Hall–Kier alpha value is -0.0800. The lowest BCUT2D eigenvalue weighted by Gasteiger charge is -2.48. The second kappa shape index (κ2) is 6.75. The molecule has 1 rings (SSSR count). The van der Waals surface area contributed by atoms with Gasteiger partial charge in [-0.05, 0) is 52.2 Å². The van der Waals surface area contributed by atoms with E-state index >= 15 is 0 Å². The SMILES string of the molecule is CCNC(C1CCCC1)C(CC)(CC)N(C)C. The van der Waals surface area contributed by atoms with E-state index in [0.717, 1.165) is 12.5 Å². The van der Waals surface area contributed by atoms with E-state index in [0.29, 0.717) is 11.6 Å². The predicted molar refractivity (Wildman–Crippen MR) is 76.4 cm³/mol. The first-order valence-corrected chi connectivity index (χ1v) is 7.53. The molecule has 1 fully saturated rings. The third-order valence-electron chi connectivity index (χ3n) is 4.99. The molecule has 2 heteroatoms. The van der Waals surface area contributed by atoms with Crippen molar-refractivity contribution >= 4 is 0 Å². The van der Waals surface area contributed by atoms with Crippen molar-refractivity contribution in [1.29, 1.82) is 0 Å². The van der Waals surface area contributed by atoms with Crippen molar-refractivity contribution in [3.8, 4) is 0 Å². The zero-order valence-corrected chi connectivity index (χ0v) is 12.6. The van der Waals surface area contributed by atoms with Gasteiger partial charge in [-0.25, -0.2) is 0 Å². The third kappa shape index (κ3) is 3.03.